The Morgan fingerprint density at radius 2 is 1.93 bits per heavy atom. The number of rotatable bonds is 6. The predicted molar refractivity (Wildman–Crippen MR) is 93.0 cm³/mol. The highest BCUT2D eigenvalue weighted by Crippen LogP contribution is 2.31. The van der Waals surface area contributed by atoms with Gasteiger partial charge < -0.3 is 15.2 Å². The molecule has 0 bridgehead atoms. The first-order valence-electron chi connectivity index (χ1n) is 8.27. The van der Waals surface area contributed by atoms with Crippen LogP contribution in [0.25, 0.3) is 5.69 Å². The van der Waals surface area contributed by atoms with Crippen molar-refractivity contribution in [3.8, 4) is 5.69 Å². The summed E-state index contributed by atoms with van der Waals surface area (Å²) in [6, 6.07) is 3.10. The van der Waals surface area contributed by atoms with Crippen LogP contribution in [0.15, 0.2) is 24.3 Å². The van der Waals surface area contributed by atoms with Gasteiger partial charge in [-0.25, -0.2) is 9.48 Å². The molecule has 2 aromatic rings. The highest BCUT2D eigenvalue weighted by molar-refractivity contribution is 5.87. The van der Waals surface area contributed by atoms with Crippen LogP contribution in [0.5, 0.6) is 0 Å². The molecule has 0 saturated heterocycles. The maximum absolute atomic E-state index is 13.0. The van der Waals surface area contributed by atoms with E-state index < -0.39 is 35.8 Å². The number of benzene rings is 1. The zero-order valence-electron chi connectivity index (χ0n) is 15.7. The number of carbonyl (C=O) groups is 2. The van der Waals surface area contributed by atoms with Crippen LogP contribution >= 0.6 is 0 Å². The van der Waals surface area contributed by atoms with Crippen LogP contribution in [-0.4, -0.2) is 40.0 Å². The fraction of sp³-hybridized carbons (Fsp3) is 0.389. The van der Waals surface area contributed by atoms with Gasteiger partial charge in [0.1, 0.15) is 6.10 Å². The van der Waals surface area contributed by atoms with Crippen LogP contribution in [0, 0.1) is 13.8 Å². The minimum absolute atomic E-state index is 0.127. The number of hydrogen-bond acceptors (Lipinski definition) is 4. The highest BCUT2D eigenvalue weighted by Gasteiger charge is 2.32. The number of aromatic nitrogens is 2. The lowest BCUT2D eigenvalue weighted by Crippen LogP contribution is -2.40. The third-order valence-corrected chi connectivity index (χ3v) is 4.31. The maximum Gasteiger partial charge on any atom is 0.416 e. The molecule has 1 aromatic heterocycles. The molecule has 7 nitrogen and oxygen atoms in total. The van der Waals surface area contributed by atoms with Gasteiger partial charge in [-0.3, -0.25) is 4.79 Å². The predicted octanol–water partition coefficient (Wildman–Crippen LogP) is 2.78. The lowest BCUT2D eigenvalue weighted by Gasteiger charge is -2.18. The topological polar surface area (TPSA) is 93.4 Å². The van der Waals surface area contributed by atoms with Crippen molar-refractivity contribution in [2.24, 2.45) is 0 Å². The quantitative estimate of drug-likeness (QED) is 0.779. The van der Waals surface area contributed by atoms with Gasteiger partial charge in [-0.2, -0.15) is 18.3 Å². The summed E-state index contributed by atoms with van der Waals surface area (Å²) >= 11 is 0. The monoisotopic (exact) mass is 399 g/mol. The van der Waals surface area contributed by atoms with Gasteiger partial charge in [-0.15, -0.1) is 0 Å². The van der Waals surface area contributed by atoms with E-state index in [1.165, 1.54) is 44.7 Å². The largest absolute Gasteiger partial charge is 0.479 e. The summed E-state index contributed by atoms with van der Waals surface area (Å²) in [7, 11) is 1.31. The van der Waals surface area contributed by atoms with Gasteiger partial charge in [0, 0.05) is 18.4 Å². The van der Waals surface area contributed by atoms with Crippen molar-refractivity contribution in [2.45, 2.75) is 39.1 Å². The number of nitrogens with zero attached hydrogens (tertiary/aromatic N) is 2. The highest BCUT2D eigenvalue weighted by atomic mass is 19.4. The van der Waals surface area contributed by atoms with Gasteiger partial charge in [-0.1, -0.05) is 6.07 Å². The molecule has 1 aromatic carbocycles. The van der Waals surface area contributed by atoms with E-state index >= 15 is 0 Å². The van der Waals surface area contributed by atoms with E-state index in [4.69, 9.17) is 4.74 Å². The van der Waals surface area contributed by atoms with Gasteiger partial charge in [0.05, 0.1) is 16.9 Å². The number of nitrogens with one attached hydrogen (secondary N) is 1. The van der Waals surface area contributed by atoms with Gasteiger partial charge >= 0.3 is 12.1 Å². The molecule has 2 N–H and O–H groups in total. The Kier molecular flexibility index (Phi) is 6.13. The average Bonchev–Trinajstić information content (AvgIpc) is 2.92. The second kappa shape index (κ2) is 8.01. The Labute approximate surface area is 159 Å². The zero-order valence-corrected chi connectivity index (χ0v) is 15.7. The molecular weight excluding hydrogens is 379 g/mol. The molecule has 0 spiro atoms. The van der Waals surface area contributed by atoms with Gasteiger partial charge in [0.15, 0.2) is 6.04 Å². The van der Waals surface area contributed by atoms with Crippen LogP contribution in [0.2, 0.25) is 0 Å². The van der Waals surface area contributed by atoms with Crippen molar-refractivity contribution in [1.29, 1.82) is 0 Å². The Morgan fingerprint density at radius 1 is 1.29 bits per heavy atom. The van der Waals surface area contributed by atoms with Crippen molar-refractivity contribution in [3.63, 3.8) is 0 Å². The van der Waals surface area contributed by atoms with Crippen LogP contribution in [0.4, 0.5) is 13.2 Å². The summed E-state index contributed by atoms with van der Waals surface area (Å²) < 4.78 is 45.1. The molecule has 0 radical (unpaired) electrons. The van der Waals surface area contributed by atoms with Crippen molar-refractivity contribution in [1.82, 2.24) is 15.1 Å². The molecular formula is C18H20F3N3O4. The Bertz CT molecular complexity index is 893. The molecule has 2 unspecified atom stereocenters. The zero-order chi connectivity index (χ0) is 21.2. The number of amides is 1. The summed E-state index contributed by atoms with van der Waals surface area (Å²) in [5.74, 6) is -1.97. The average molecular weight is 399 g/mol. The molecule has 1 amide bonds. The maximum atomic E-state index is 13.0. The summed E-state index contributed by atoms with van der Waals surface area (Å²) in [4.78, 5) is 23.8. The van der Waals surface area contributed by atoms with E-state index in [-0.39, 0.29) is 16.9 Å². The van der Waals surface area contributed by atoms with E-state index in [1.807, 2.05) is 0 Å². The number of aryl methyl sites for hydroxylation is 1. The third-order valence-electron chi connectivity index (χ3n) is 4.31. The van der Waals surface area contributed by atoms with E-state index in [1.54, 1.807) is 0 Å². The SMILES string of the molecule is COC(C)C(=O)NC(C(=O)O)c1c(C)nn(-c2cccc(C(F)(F)F)c2)c1C. The van der Waals surface area contributed by atoms with Gasteiger partial charge in [-0.05, 0) is 39.0 Å². The van der Waals surface area contributed by atoms with E-state index in [2.05, 4.69) is 10.4 Å². The van der Waals surface area contributed by atoms with E-state index in [9.17, 15) is 27.9 Å². The molecule has 28 heavy (non-hydrogen) atoms. The first kappa shape index (κ1) is 21.4. The van der Waals surface area contributed by atoms with Crippen molar-refractivity contribution >= 4 is 11.9 Å². The molecule has 2 rings (SSSR count). The fourth-order valence-corrected chi connectivity index (χ4v) is 2.76. The molecule has 1 heterocycles. The Balaban J connectivity index is 2.50. The van der Waals surface area contributed by atoms with Crippen molar-refractivity contribution < 1.29 is 32.6 Å². The first-order valence-corrected chi connectivity index (χ1v) is 8.27. The lowest BCUT2D eigenvalue weighted by atomic mass is 10.0. The third kappa shape index (κ3) is 4.33. The minimum Gasteiger partial charge on any atom is -0.479 e. The van der Waals surface area contributed by atoms with E-state index in [0.29, 0.717) is 5.69 Å². The molecule has 0 aliphatic rings. The van der Waals surface area contributed by atoms with Crippen LogP contribution < -0.4 is 5.32 Å². The molecule has 10 heteroatoms. The van der Waals surface area contributed by atoms with Crippen LogP contribution in [-0.2, 0) is 20.5 Å². The molecule has 152 valence electrons. The van der Waals surface area contributed by atoms with E-state index in [0.717, 1.165) is 12.1 Å². The lowest BCUT2D eigenvalue weighted by molar-refractivity contribution is -0.143. The Hall–Kier alpha value is -2.88. The molecule has 2 atom stereocenters. The Morgan fingerprint density at radius 3 is 2.46 bits per heavy atom. The number of carboxylic acids is 1. The van der Waals surface area contributed by atoms with Crippen molar-refractivity contribution in [3.05, 3.63) is 46.8 Å². The number of alkyl halides is 3. The number of ether oxygens (including phenoxy) is 1. The molecule has 0 aliphatic carbocycles. The number of halogens is 3. The normalized spacial score (nSPS) is 13.8. The fourth-order valence-electron chi connectivity index (χ4n) is 2.76. The number of carbonyl (C=O) groups excluding carboxylic acids is 1. The molecule has 0 fully saturated rings. The van der Waals surface area contributed by atoms with Gasteiger partial charge in [0.2, 0.25) is 5.91 Å². The van der Waals surface area contributed by atoms with Gasteiger partial charge in [0.25, 0.3) is 0 Å². The smallest absolute Gasteiger partial charge is 0.416 e. The number of aliphatic carboxylic acids is 1. The first-order chi connectivity index (χ1) is 13.0. The summed E-state index contributed by atoms with van der Waals surface area (Å²) in [6.07, 6.45) is -5.40. The summed E-state index contributed by atoms with van der Waals surface area (Å²) in [5, 5.41) is 16.1. The van der Waals surface area contributed by atoms with Crippen LogP contribution in [0.3, 0.4) is 0 Å². The second-order valence-corrected chi connectivity index (χ2v) is 6.20. The number of methoxy groups -OCH3 is 1. The second-order valence-electron chi connectivity index (χ2n) is 6.20. The summed E-state index contributed by atoms with van der Waals surface area (Å²) in [6.45, 7) is 4.51. The standard InChI is InChI=1S/C18H20F3N3O4/c1-9-14(15(17(26)27)22-16(25)11(3)28-4)10(2)24(23-9)13-7-5-6-12(8-13)18(19,20)21/h5-8,11,15H,1-4H3,(H,22,25)(H,26,27). The molecule has 0 saturated carbocycles. The number of hydrogen-bond donors (Lipinski definition) is 2. The molecule has 0 aliphatic heterocycles. The number of carboxylic acid groups (broad SMARTS) is 1. The summed E-state index contributed by atoms with van der Waals surface area (Å²) in [5.41, 5.74) is 0.0438. The van der Waals surface area contributed by atoms with Crippen LogP contribution in [0.1, 0.15) is 35.5 Å². The minimum atomic E-state index is -4.52. The van der Waals surface area contributed by atoms with Crippen molar-refractivity contribution in [2.75, 3.05) is 7.11 Å².